The third-order valence-electron chi connectivity index (χ3n) is 3.46. The van der Waals surface area contributed by atoms with E-state index in [9.17, 15) is 13.6 Å². The van der Waals surface area contributed by atoms with Crippen LogP contribution in [0.25, 0.3) is 0 Å². The summed E-state index contributed by atoms with van der Waals surface area (Å²) in [5.41, 5.74) is 3.37. The van der Waals surface area contributed by atoms with E-state index in [0.717, 1.165) is 34.4 Å². The number of ketones is 1. The van der Waals surface area contributed by atoms with E-state index in [-0.39, 0.29) is 10.9 Å². The lowest BCUT2D eigenvalue weighted by atomic mass is 9.93. The predicted octanol–water partition coefficient (Wildman–Crippen LogP) is 5.08. The van der Waals surface area contributed by atoms with E-state index in [4.69, 9.17) is 0 Å². The van der Waals surface area contributed by atoms with Gasteiger partial charge in [-0.2, -0.15) is 0 Å². The fraction of sp³-hybridized carbons (Fsp3) is 0.235. The molecule has 0 unspecified atom stereocenters. The van der Waals surface area contributed by atoms with Crippen LogP contribution >= 0.6 is 15.9 Å². The highest BCUT2D eigenvalue weighted by Crippen LogP contribution is 2.23. The fourth-order valence-electron chi connectivity index (χ4n) is 2.55. The molecule has 0 saturated carbocycles. The Labute approximate surface area is 131 Å². The number of carbonyl (C=O) groups is 1. The molecule has 0 N–H and O–H groups in total. The second kappa shape index (κ2) is 6.06. The molecule has 0 aromatic heterocycles. The second-order valence-electron chi connectivity index (χ2n) is 5.22. The van der Waals surface area contributed by atoms with Crippen LogP contribution in [0.5, 0.6) is 0 Å². The lowest BCUT2D eigenvalue weighted by molar-refractivity contribution is 0.0984. The maximum absolute atomic E-state index is 13.8. The van der Waals surface area contributed by atoms with Crippen LogP contribution in [0, 0.1) is 32.4 Å². The molecule has 0 aliphatic carbocycles. The van der Waals surface area contributed by atoms with Crippen LogP contribution in [0.2, 0.25) is 0 Å². The van der Waals surface area contributed by atoms with E-state index in [1.807, 2.05) is 32.9 Å². The normalized spacial score (nSPS) is 10.8. The molecule has 0 fully saturated rings. The summed E-state index contributed by atoms with van der Waals surface area (Å²) in [5.74, 6) is -2.23. The lowest BCUT2D eigenvalue weighted by Crippen LogP contribution is -2.11. The van der Waals surface area contributed by atoms with Gasteiger partial charge in [0.05, 0.1) is 5.56 Å². The van der Waals surface area contributed by atoms with Crippen molar-refractivity contribution in [3.8, 4) is 0 Å². The quantitative estimate of drug-likeness (QED) is 0.704. The third kappa shape index (κ3) is 3.38. The molecular formula is C17H15BrF2O. The van der Waals surface area contributed by atoms with Crippen molar-refractivity contribution < 1.29 is 13.6 Å². The topological polar surface area (TPSA) is 17.1 Å². The van der Waals surface area contributed by atoms with Crippen molar-refractivity contribution in [2.24, 2.45) is 0 Å². The zero-order valence-electron chi connectivity index (χ0n) is 12.1. The lowest BCUT2D eigenvalue weighted by Gasteiger charge is -2.11. The van der Waals surface area contributed by atoms with Crippen LogP contribution in [0.3, 0.4) is 0 Å². The standard InChI is InChI=1S/C17H15BrF2O/c1-9-4-10(2)13(11(3)5-9)8-16(21)17-14(19)6-12(18)7-15(17)20/h4-7H,8H2,1-3H3. The average Bonchev–Trinajstić information content (AvgIpc) is 2.32. The highest BCUT2D eigenvalue weighted by Gasteiger charge is 2.20. The first-order valence-corrected chi connectivity index (χ1v) is 7.33. The number of aryl methyl sites for hydroxylation is 3. The molecule has 0 amide bonds. The van der Waals surface area contributed by atoms with Crippen LogP contribution in [-0.2, 0) is 6.42 Å². The minimum Gasteiger partial charge on any atom is -0.294 e. The molecule has 0 aliphatic heterocycles. The van der Waals surface area contributed by atoms with E-state index in [1.54, 1.807) is 0 Å². The highest BCUT2D eigenvalue weighted by atomic mass is 79.9. The van der Waals surface area contributed by atoms with Gasteiger partial charge in [0.15, 0.2) is 5.78 Å². The van der Waals surface area contributed by atoms with Crippen molar-refractivity contribution in [3.05, 3.63) is 68.2 Å². The summed E-state index contributed by atoms with van der Waals surface area (Å²) in [6.07, 6.45) is -0.00653. The Balaban J connectivity index is 2.40. The van der Waals surface area contributed by atoms with Crippen LogP contribution in [0.15, 0.2) is 28.7 Å². The maximum Gasteiger partial charge on any atom is 0.173 e. The summed E-state index contributed by atoms with van der Waals surface area (Å²) in [7, 11) is 0. The van der Waals surface area contributed by atoms with Gasteiger partial charge in [-0.25, -0.2) is 8.78 Å². The van der Waals surface area contributed by atoms with Gasteiger partial charge in [0, 0.05) is 10.9 Å². The molecular weight excluding hydrogens is 338 g/mol. The number of hydrogen-bond donors (Lipinski definition) is 0. The van der Waals surface area contributed by atoms with Gasteiger partial charge in [-0.1, -0.05) is 33.6 Å². The highest BCUT2D eigenvalue weighted by molar-refractivity contribution is 9.10. The molecule has 2 aromatic carbocycles. The molecule has 0 spiro atoms. The van der Waals surface area contributed by atoms with Crippen molar-refractivity contribution in [3.63, 3.8) is 0 Å². The van der Waals surface area contributed by atoms with Crippen molar-refractivity contribution in [1.82, 2.24) is 0 Å². The van der Waals surface area contributed by atoms with E-state index in [2.05, 4.69) is 15.9 Å². The smallest absolute Gasteiger partial charge is 0.173 e. The summed E-state index contributed by atoms with van der Waals surface area (Å²) in [6.45, 7) is 5.77. The number of halogens is 3. The summed E-state index contributed by atoms with van der Waals surface area (Å²) >= 11 is 3.00. The van der Waals surface area contributed by atoms with E-state index >= 15 is 0 Å². The molecule has 0 radical (unpaired) electrons. The summed E-state index contributed by atoms with van der Waals surface area (Å²) < 4.78 is 28.0. The van der Waals surface area contributed by atoms with Gasteiger partial charge in [-0.15, -0.1) is 0 Å². The monoisotopic (exact) mass is 352 g/mol. The molecule has 4 heteroatoms. The van der Waals surface area contributed by atoms with E-state index in [1.165, 1.54) is 0 Å². The van der Waals surface area contributed by atoms with Crippen molar-refractivity contribution in [1.29, 1.82) is 0 Å². The van der Waals surface area contributed by atoms with Crippen LogP contribution in [-0.4, -0.2) is 5.78 Å². The number of benzene rings is 2. The molecule has 110 valence electrons. The molecule has 0 aliphatic rings. The van der Waals surface area contributed by atoms with E-state index < -0.39 is 23.0 Å². The van der Waals surface area contributed by atoms with Gasteiger partial charge in [0.25, 0.3) is 0 Å². The molecule has 0 bridgehead atoms. The second-order valence-corrected chi connectivity index (χ2v) is 6.14. The Kier molecular flexibility index (Phi) is 4.57. The molecule has 2 aromatic rings. The zero-order chi connectivity index (χ0) is 15.7. The van der Waals surface area contributed by atoms with Crippen LogP contribution < -0.4 is 0 Å². The Morgan fingerprint density at radius 3 is 1.95 bits per heavy atom. The molecule has 21 heavy (non-hydrogen) atoms. The minimum absolute atomic E-state index is 0.00653. The first kappa shape index (κ1) is 15.8. The van der Waals surface area contributed by atoms with Gasteiger partial charge < -0.3 is 0 Å². The number of hydrogen-bond acceptors (Lipinski definition) is 1. The zero-order valence-corrected chi connectivity index (χ0v) is 13.6. The summed E-state index contributed by atoms with van der Waals surface area (Å²) in [4.78, 5) is 12.3. The van der Waals surface area contributed by atoms with Gasteiger partial charge in [-0.05, 0) is 49.6 Å². The molecule has 0 saturated heterocycles. The summed E-state index contributed by atoms with van der Waals surface area (Å²) in [5, 5.41) is 0. The van der Waals surface area contributed by atoms with Crippen molar-refractivity contribution >= 4 is 21.7 Å². The van der Waals surface area contributed by atoms with Gasteiger partial charge >= 0.3 is 0 Å². The molecule has 0 heterocycles. The van der Waals surface area contributed by atoms with Crippen LogP contribution in [0.1, 0.15) is 32.6 Å². The van der Waals surface area contributed by atoms with Crippen molar-refractivity contribution in [2.45, 2.75) is 27.2 Å². The first-order valence-electron chi connectivity index (χ1n) is 6.54. The third-order valence-corrected chi connectivity index (χ3v) is 3.92. The van der Waals surface area contributed by atoms with Gasteiger partial charge in [-0.3, -0.25) is 4.79 Å². The Morgan fingerprint density at radius 1 is 1.00 bits per heavy atom. The number of rotatable bonds is 3. The van der Waals surface area contributed by atoms with Crippen molar-refractivity contribution in [2.75, 3.05) is 0 Å². The first-order chi connectivity index (χ1) is 9.79. The Morgan fingerprint density at radius 2 is 1.48 bits per heavy atom. The average molecular weight is 353 g/mol. The molecule has 0 atom stereocenters. The number of carbonyl (C=O) groups excluding carboxylic acids is 1. The Hall–Kier alpha value is -1.55. The minimum atomic E-state index is -0.839. The Bertz CT molecular complexity index is 677. The van der Waals surface area contributed by atoms with Gasteiger partial charge in [0.1, 0.15) is 11.6 Å². The van der Waals surface area contributed by atoms with E-state index in [0.29, 0.717) is 0 Å². The summed E-state index contributed by atoms with van der Waals surface area (Å²) in [6, 6.07) is 6.13. The molecule has 1 nitrogen and oxygen atoms in total. The van der Waals surface area contributed by atoms with Gasteiger partial charge in [0.2, 0.25) is 0 Å². The SMILES string of the molecule is Cc1cc(C)c(CC(=O)c2c(F)cc(Br)cc2F)c(C)c1. The number of Topliss-reactive ketones (excluding diaryl/α,β-unsaturated/α-hetero) is 1. The largest absolute Gasteiger partial charge is 0.294 e. The molecule has 2 rings (SSSR count). The van der Waals surface area contributed by atoms with Crippen LogP contribution in [0.4, 0.5) is 8.78 Å². The fourth-order valence-corrected chi connectivity index (χ4v) is 2.95. The predicted molar refractivity (Wildman–Crippen MR) is 82.7 cm³/mol. The maximum atomic E-state index is 13.8.